The first-order valence-corrected chi connectivity index (χ1v) is 8.66. The topological polar surface area (TPSA) is 55.8 Å². The molecular weight excluding hydrogens is 248 g/mol. The normalized spacial score (nSPS) is 23.3. The molecule has 3 unspecified atom stereocenters. The van der Waals surface area contributed by atoms with E-state index in [0.717, 1.165) is 19.1 Å². The fraction of sp³-hybridized carbons (Fsp3) is 0.769. The minimum absolute atomic E-state index is 0.0191. The quantitative estimate of drug-likeness (QED) is 0.410. The van der Waals surface area contributed by atoms with Crippen molar-refractivity contribution in [3.63, 3.8) is 0 Å². The Hall–Kier alpha value is -0.493. The molecule has 0 bridgehead atoms. The van der Waals surface area contributed by atoms with Gasteiger partial charge in [0.25, 0.3) is 0 Å². The van der Waals surface area contributed by atoms with Crippen LogP contribution in [0.4, 0.5) is 0 Å². The van der Waals surface area contributed by atoms with Gasteiger partial charge in [-0.1, -0.05) is 19.9 Å². The smallest absolute Gasteiger partial charge is 0.206 e. The van der Waals surface area contributed by atoms with Gasteiger partial charge in [-0.3, -0.25) is 4.79 Å². The van der Waals surface area contributed by atoms with Gasteiger partial charge in [0.15, 0.2) is 5.78 Å². The van der Waals surface area contributed by atoms with Gasteiger partial charge in [-0.2, -0.15) is 0 Å². The second-order valence-corrected chi connectivity index (χ2v) is 7.36. The van der Waals surface area contributed by atoms with Gasteiger partial charge in [0.2, 0.25) is 9.04 Å². The highest BCUT2D eigenvalue weighted by Gasteiger charge is 2.34. The van der Waals surface area contributed by atoms with Crippen molar-refractivity contribution in [1.29, 1.82) is 0 Å². The van der Waals surface area contributed by atoms with Crippen molar-refractivity contribution < 1.29 is 19.1 Å². The number of aliphatic hydroxyl groups excluding tert-OH is 1. The van der Waals surface area contributed by atoms with Gasteiger partial charge in [0.05, 0.1) is 5.73 Å². The zero-order chi connectivity index (χ0) is 13.4. The van der Waals surface area contributed by atoms with E-state index in [1.807, 2.05) is 6.92 Å². The predicted molar refractivity (Wildman–Crippen MR) is 73.0 cm³/mol. The standard InChI is InChI=1S/C13H24O4Si/c1-3-12(15)11(2)13(16-8-6-7-14)18-10-5-4-9-17-18/h3,11,13-14,18H,1,4-10H2,2H3. The van der Waals surface area contributed by atoms with Crippen LogP contribution >= 0.6 is 0 Å². The average molecular weight is 272 g/mol. The summed E-state index contributed by atoms with van der Waals surface area (Å²) in [5, 5.41) is 8.80. The lowest BCUT2D eigenvalue weighted by atomic mass is 10.1. The first kappa shape index (κ1) is 15.6. The van der Waals surface area contributed by atoms with Gasteiger partial charge in [0.1, 0.15) is 0 Å². The molecule has 3 atom stereocenters. The van der Waals surface area contributed by atoms with Crippen molar-refractivity contribution in [2.45, 2.75) is 38.0 Å². The van der Waals surface area contributed by atoms with Crippen LogP contribution in [0.25, 0.3) is 0 Å². The lowest BCUT2D eigenvalue weighted by Crippen LogP contribution is -2.45. The number of aliphatic hydroxyl groups is 1. The van der Waals surface area contributed by atoms with Crippen LogP contribution in [-0.2, 0) is 14.0 Å². The molecular formula is C13H24O4Si. The Bertz CT molecular complexity index is 264. The Morgan fingerprint density at radius 3 is 2.94 bits per heavy atom. The third kappa shape index (κ3) is 4.64. The van der Waals surface area contributed by atoms with Crippen LogP contribution in [0.2, 0.25) is 6.04 Å². The SMILES string of the molecule is C=CC(=O)C(C)C(OCCCO)[SiH]1CCCCO1. The summed E-state index contributed by atoms with van der Waals surface area (Å²) in [6.07, 6.45) is 4.25. The summed E-state index contributed by atoms with van der Waals surface area (Å²) < 4.78 is 11.7. The molecule has 1 saturated heterocycles. The Balaban J connectivity index is 2.60. The highest BCUT2D eigenvalue weighted by atomic mass is 28.3. The van der Waals surface area contributed by atoms with Crippen molar-refractivity contribution in [2.24, 2.45) is 5.92 Å². The van der Waals surface area contributed by atoms with Crippen LogP contribution in [0.1, 0.15) is 26.2 Å². The number of ketones is 1. The molecule has 0 amide bonds. The minimum Gasteiger partial charge on any atom is -0.417 e. The van der Waals surface area contributed by atoms with E-state index in [2.05, 4.69) is 6.58 Å². The molecule has 4 nitrogen and oxygen atoms in total. The molecule has 104 valence electrons. The molecule has 18 heavy (non-hydrogen) atoms. The van der Waals surface area contributed by atoms with Crippen molar-refractivity contribution in [2.75, 3.05) is 19.8 Å². The van der Waals surface area contributed by atoms with Gasteiger partial charge >= 0.3 is 0 Å². The largest absolute Gasteiger partial charge is 0.417 e. The van der Waals surface area contributed by atoms with Gasteiger partial charge in [-0.05, 0) is 25.0 Å². The summed E-state index contributed by atoms with van der Waals surface area (Å²) in [5.41, 5.74) is -0.0950. The molecule has 0 saturated carbocycles. The summed E-state index contributed by atoms with van der Waals surface area (Å²) in [7, 11) is -1.48. The molecule has 1 aliphatic rings. The number of allylic oxidation sites excluding steroid dienone is 1. The molecule has 0 aliphatic carbocycles. The van der Waals surface area contributed by atoms with Crippen LogP contribution in [0, 0.1) is 5.92 Å². The van der Waals surface area contributed by atoms with Gasteiger partial charge < -0.3 is 14.3 Å². The number of rotatable bonds is 8. The maximum Gasteiger partial charge on any atom is 0.206 e. The number of ether oxygens (including phenoxy) is 1. The van der Waals surface area contributed by atoms with Crippen LogP contribution < -0.4 is 0 Å². The van der Waals surface area contributed by atoms with Crippen molar-refractivity contribution in [3.05, 3.63) is 12.7 Å². The van der Waals surface area contributed by atoms with E-state index < -0.39 is 9.04 Å². The van der Waals surface area contributed by atoms with E-state index >= 15 is 0 Å². The van der Waals surface area contributed by atoms with Gasteiger partial charge in [-0.25, -0.2) is 0 Å². The maximum atomic E-state index is 11.7. The summed E-state index contributed by atoms with van der Waals surface area (Å²) in [6.45, 7) is 6.82. The zero-order valence-electron chi connectivity index (χ0n) is 11.1. The second kappa shape index (κ2) is 8.58. The summed E-state index contributed by atoms with van der Waals surface area (Å²) >= 11 is 0. The average Bonchev–Trinajstić information content (AvgIpc) is 2.43. The third-order valence-corrected chi connectivity index (χ3v) is 6.48. The molecule has 0 aromatic rings. The van der Waals surface area contributed by atoms with E-state index in [-0.39, 0.29) is 24.0 Å². The molecule has 0 radical (unpaired) electrons. The fourth-order valence-corrected chi connectivity index (χ4v) is 5.26. The Labute approximate surface area is 111 Å². The first-order chi connectivity index (χ1) is 8.70. The summed E-state index contributed by atoms with van der Waals surface area (Å²) in [4.78, 5) is 11.7. The van der Waals surface area contributed by atoms with Crippen LogP contribution in [-0.4, -0.2) is 45.5 Å². The monoisotopic (exact) mass is 272 g/mol. The van der Waals surface area contributed by atoms with Gasteiger partial charge in [0, 0.05) is 25.7 Å². The van der Waals surface area contributed by atoms with Crippen molar-refractivity contribution in [1.82, 2.24) is 0 Å². The minimum atomic E-state index is -1.48. The number of hydrogen-bond acceptors (Lipinski definition) is 4. The van der Waals surface area contributed by atoms with Crippen molar-refractivity contribution >= 4 is 14.8 Å². The maximum absolute atomic E-state index is 11.7. The lowest BCUT2D eigenvalue weighted by molar-refractivity contribution is -0.121. The number of carbonyl (C=O) groups is 1. The fourth-order valence-electron chi connectivity index (χ4n) is 2.23. The van der Waals surface area contributed by atoms with Gasteiger partial charge in [-0.15, -0.1) is 0 Å². The second-order valence-electron chi connectivity index (χ2n) is 4.71. The summed E-state index contributed by atoms with van der Waals surface area (Å²) in [6, 6.07) is 1.07. The van der Waals surface area contributed by atoms with Crippen LogP contribution in [0.3, 0.4) is 0 Å². The lowest BCUT2D eigenvalue weighted by Gasteiger charge is -2.32. The Kier molecular flexibility index (Phi) is 7.42. The molecule has 1 N–H and O–H groups in total. The highest BCUT2D eigenvalue weighted by molar-refractivity contribution is 6.54. The number of carbonyl (C=O) groups excluding carboxylic acids is 1. The van der Waals surface area contributed by atoms with E-state index in [1.165, 1.54) is 12.5 Å². The first-order valence-electron chi connectivity index (χ1n) is 6.71. The molecule has 0 aromatic heterocycles. The Morgan fingerprint density at radius 2 is 2.39 bits per heavy atom. The number of hydrogen-bond donors (Lipinski definition) is 1. The molecule has 1 rings (SSSR count). The van der Waals surface area contributed by atoms with E-state index in [1.54, 1.807) is 0 Å². The molecule has 0 spiro atoms. The molecule has 1 heterocycles. The molecule has 5 heteroatoms. The molecule has 1 fully saturated rings. The van der Waals surface area contributed by atoms with Crippen LogP contribution in [0.5, 0.6) is 0 Å². The third-order valence-electron chi connectivity index (χ3n) is 3.34. The van der Waals surface area contributed by atoms with Crippen molar-refractivity contribution in [3.8, 4) is 0 Å². The van der Waals surface area contributed by atoms with Crippen LogP contribution in [0.15, 0.2) is 12.7 Å². The predicted octanol–water partition coefficient (Wildman–Crippen LogP) is 1.22. The van der Waals surface area contributed by atoms with E-state index in [9.17, 15) is 4.79 Å². The molecule has 1 aliphatic heterocycles. The van der Waals surface area contributed by atoms with E-state index in [0.29, 0.717) is 13.0 Å². The highest BCUT2D eigenvalue weighted by Crippen LogP contribution is 2.22. The zero-order valence-corrected chi connectivity index (χ0v) is 12.3. The van der Waals surface area contributed by atoms with E-state index in [4.69, 9.17) is 14.3 Å². The summed E-state index contributed by atoms with van der Waals surface area (Å²) in [5.74, 6) is -0.165. The molecule has 0 aromatic carbocycles. The Morgan fingerprint density at radius 1 is 1.61 bits per heavy atom.